The van der Waals surface area contributed by atoms with Crippen LogP contribution in [0.2, 0.25) is 5.02 Å². The Kier molecular flexibility index (Phi) is 4.29. The van der Waals surface area contributed by atoms with E-state index in [0.29, 0.717) is 33.5 Å². The molecule has 2 aromatic heterocycles. The lowest BCUT2D eigenvalue weighted by Gasteiger charge is -2.02. The Morgan fingerprint density at radius 3 is 2.73 bits per heavy atom. The minimum absolute atomic E-state index is 0.245. The summed E-state index contributed by atoms with van der Waals surface area (Å²) < 4.78 is 10.9. The molecule has 0 radical (unpaired) electrons. The third-order valence-electron chi connectivity index (χ3n) is 3.69. The molecule has 0 saturated heterocycles. The van der Waals surface area contributed by atoms with Crippen molar-refractivity contribution in [2.45, 2.75) is 0 Å². The maximum Gasteiger partial charge on any atom is 0.248 e. The van der Waals surface area contributed by atoms with Gasteiger partial charge in [0.15, 0.2) is 5.58 Å². The van der Waals surface area contributed by atoms with Gasteiger partial charge in [-0.3, -0.25) is 4.79 Å². The number of nitrogens with zero attached hydrogens (tertiary/aromatic N) is 1. The summed E-state index contributed by atoms with van der Waals surface area (Å²) >= 11 is 5.97. The monoisotopic (exact) mass is 364 g/mol. The van der Waals surface area contributed by atoms with Gasteiger partial charge in [-0.15, -0.1) is 0 Å². The van der Waals surface area contributed by atoms with Crippen LogP contribution in [0.5, 0.6) is 0 Å². The zero-order chi connectivity index (χ0) is 17.9. The van der Waals surface area contributed by atoms with Crippen molar-refractivity contribution < 1.29 is 13.6 Å². The van der Waals surface area contributed by atoms with Gasteiger partial charge in [0.1, 0.15) is 11.3 Å². The van der Waals surface area contributed by atoms with Gasteiger partial charge in [-0.05, 0) is 60.7 Å². The number of anilines is 1. The summed E-state index contributed by atoms with van der Waals surface area (Å²) in [5.74, 6) is 0.870. The minimum Gasteiger partial charge on any atom is -0.465 e. The molecule has 0 atom stereocenters. The molecular formula is C20H13ClN2O3. The molecule has 128 valence electrons. The number of hydrogen-bond donors (Lipinski definition) is 1. The fraction of sp³-hybridized carbons (Fsp3) is 0. The summed E-state index contributed by atoms with van der Waals surface area (Å²) in [5.41, 5.74) is 2.85. The molecule has 4 rings (SSSR count). The lowest BCUT2D eigenvalue weighted by atomic mass is 10.2. The van der Waals surface area contributed by atoms with Crippen molar-refractivity contribution in [2.75, 3.05) is 5.32 Å². The second kappa shape index (κ2) is 6.90. The highest BCUT2D eigenvalue weighted by Gasteiger charge is 2.09. The zero-order valence-electron chi connectivity index (χ0n) is 13.5. The van der Waals surface area contributed by atoms with Crippen LogP contribution in [0.15, 0.2) is 75.8 Å². The maximum absolute atomic E-state index is 11.9. The van der Waals surface area contributed by atoms with Crippen LogP contribution in [-0.4, -0.2) is 10.9 Å². The molecule has 0 unspecified atom stereocenters. The molecule has 2 aromatic carbocycles. The highest BCUT2D eigenvalue weighted by molar-refractivity contribution is 6.31. The molecule has 1 amide bonds. The molecule has 0 aliphatic rings. The van der Waals surface area contributed by atoms with Gasteiger partial charge >= 0.3 is 0 Å². The van der Waals surface area contributed by atoms with Gasteiger partial charge in [0, 0.05) is 22.3 Å². The van der Waals surface area contributed by atoms with Gasteiger partial charge in [-0.1, -0.05) is 11.6 Å². The first-order valence-corrected chi connectivity index (χ1v) is 8.24. The number of carbonyl (C=O) groups excluding carboxylic acids is 1. The molecule has 5 nitrogen and oxygen atoms in total. The first kappa shape index (κ1) is 16.2. The summed E-state index contributed by atoms with van der Waals surface area (Å²) in [7, 11) is 0. The fourth-order valence-corrected chi connectivity index (χ4v) is 2.61. The van der Waals surface area contributed by atoms with Crippen LogP contribution in [-0.2, 0) is 4.79 Å². The average molecular weight is 365 g/mol. The zero-order valence-corrected chi connectivity index (χ0v) is 14.2. The van der Waals surface area contributed by atoms with Crippen LogP contribution in [0.4, 0.5) is 5.69 Å². The number of halogens is 1. The van der Waals surface area contributed by atoms with Crippen LogP contribution < -0.4 is 5.32 Å². The molecule has 0 saturated carbocycles. The highest BCUT2D eigenvalue weighted by Crippen LogP contribution is 2.27. The topological polar surface area (TPSA) is 68.3 Å². The smallest absolute Gasteiger partial charge is 0.248 e. The number of aromatic nitrogens is 1. The number of amides is 1. The third-order valence-corrected chi connectivity index (χ3v) is 3.93. The summed E-state index contributed by atoms with van der Waals surface area (Å²) in [4.78, 5) is 16.4. The van der Waals surface area contributed by atoms with E-state index in [4.69, 9.17) is 20.4 Å². The number of benzene rings is 2. The molecular weight excluding hydrogens is 352 g/mol. The number of carbonyl (C=O) groups is 1. The van der Waals surface area contributed by atoms with Crippen molar-refractivity contribution in [3.05, 3.63) is 77.7 Å². The van der Waals surface area contributed by atoms with E-state index in [1.54, 1.807) is 54.8 Å². The lowest BCUT2D eigenvalue weighted by molar-refractivity contribution is -0.111. The number of fused-ring (bicyclic) bond motifs is 1. The van der Waals surface area contributed by atoms with E-state index in [-0.39, 0.29) is 5.91 Å². The Morgan fingerprint density at radius 2 is 1.96 bits per heavy atom. The van der Waals surface area contributed by atoms with E-state index >= 15 is 0 Å². The number of furan rings is 1. The Morgan fingerprint density at radius 1 is 1.12 bits per heavy atom. The molecule has 0 aliphatic carbocycles. The van der Waals surface area contributed by atoms with Gasteiger partial charge in [-0.2, -0.15) is 0 Å². The number of rotatable bonds is 4. The number of hydrogen-bond acceptors (Lipinski definition) is 4. The van der Waals surface area contributed by atoms with E-state index in [1.165, 1.54) is 6.08 Å². The highest BCUT2D eigenvalue weighted by atomic mass is 35.5. The van der Waals surface area contributed by atoms with Gasteiger partial charge in [-0.25, -0.2) is 4.98 Å². The van der Waals surface area contributed by atoms with Gasteiger partial charge in [0.25, 0.3) is 0 Å². The summed E-state index contributed by atoms with van der Waals surface area (Å²) in [5, 5.41) is 3.39. The van der Waals surface area contributed by atoms with E-state index in [0.717, 1.165) is 5.56 Å². The summed E-state index contributed by atoms with van der Waals surface area (Å²) in [6, 6.07) is 16.1. The maximum atomic E-state index is 11.9. The van der Waals surface area contributed by atoms with Crippen molar-refractivity contribution >= 4 is 40.4 Å². The molecule has 4 aromatic rings. The van der Waals surface area contributed by atoms with E-state index < -0.39 is 0 Å². The molecule has 0 bridgehead atoms. The van der Waals surface area contributed by atoms with Crippen molar-refractivity contribution in [1.82, 2.24) is 4.98 Å². The van der Waals surface area contributed by atoms with Gasteiger partial charge < -0.3 is 14.2 Å². The third kappa shape index (κ3) is 3.53. The van der Waals surface area contributed by atoms with Gasteiger partial charge in [0.2, 0.25) is 11.8 Å². The quantitative estimate of drug-likeness (QED) is 0.493. The van der Waals surface area contributed by atoms with E-state index in [2.05, 4.69) is 10.3 Å². The molecule has 1 N–H and O–H groups in total. The van der Waals surface area contributed by atoms with Crippen molar-refractivity contribution in [3.63, 3.8) is 0 Å². The number of nitrogens with one attached hydrogen (secondary N) is 1. The Labute approximate surface area is 153 Å². The molecule has 0 aliphatic heterocycles. The van der Waals surface area contributed by atoms with Crippen LogP contribution in [0.3, 0.4) is 0 Å². The van der Waals surface area contributed by atoms with Crippen LogP contribution in [0, 0.1) is 0 Å². The normalized spacial score (nSPS) is 11.3. The SMILES string of the molecule is O=C(/C=C\c1ccco1)Nc1ccc(-c2nc3cc(Cl)ccc3o2)cc1. The van der Waals surface area contributed by atoms with Crippen LogP contribution in [0.1, 0.15) is 5.76 Å². The van der Waals surface area contributed by atoms with Crippen molar-refractivity contribution in [1.29, 1.82) is 0 Å². The molecule has 26 heavy (non-hydrogen) atoms. The standard InChI is InChI=1S/C20H13ClN2O3/c21-14-5-9-18-17(12-14)23-20(26-18)13-3-6-15(7-4-13)22-19(24)10-8-16-2-1-11-25-16/h1-12H,(H,22,24)/b10-8-. The van der Waals surface area contributed by atoms with E-state index in [9.17, 15) is 4.79 Å². The van der Waals surface area contributed by atoms with Crippen molar-refractivity contribution in [3.8, 4) is 11.5 Å². The van der Waals surface area contributed by atoms with Crippen LogP contribution in [0.25, 0.3) is 28.6 Å². The first-order chi connectivity index (χ1) is 12.7. The Bertz CT molecular complexity index is 1080. The second-order valence-electron chi connectivity index (χ2n) is 5.55. The largest absolute Gasteiger partial charge is 0.465 e. The first-order valence-electron chi connectivity index (χ1n) is 7.86. The predicted octanol–water partition coefficient (Wildman–Crippen LogP) is 5.39. The number of oxazole rings is 1. The molecule has 0 spiro atoms. The van der Waals surface area contributed by atoms with Gasteiger partial charge in [0.05, 0.1) is 6.26 Å². The van der Waals surface area contributed by atoms with Crippen molar-refractivity contribution in [2.24, 2.45) is 0 Å². The molecule has 0 fully saturated rings. The van der Waals surface area contributed by atoms with E-state index in [1.807, 2.05) is 12.1 Å². The fourth-order valence-electron chi connectivity index (χ4n) is 2.45. The molecule has 2 heterocycles. The second-order valence-corrected chi connectivity index (χ2v) is 5.98. The summed E-state index contributed by atoms with van der Waals surface area (Å²) in [6.07, 6.45) is 4.57. The predicted molar refractivity (Wildman–Crippen MR) is 101 cm³/mol. The minimum atomic E-state index is -0.245. The lowest BCUT2D eigenvalue weighted by Crippen LogP contribution is -2.07. The summed E-state index contributed by atoms with van der Waals surface area (Å²) in [6.45, 7) is 0. The van der Waals surface area contributed by atoms with Crippen LogP contribution >= 0.6 is 11.6 Å². The molecule has 6 heteroatoms. The Balaban J connectivity index is 1.48. The Hall–Kier alpha value is -3.31. The average Bonchev–Trinajstić information content (AvgIpc) is 3.29.